The lowest BCUT2D eigenvalue weighted by molar-refractivity contribution is 0.133. The van der Waals surface area contributed by atoms with Crippen LogP contribution in [-0.4, -0.2) is 26.6 Å². The summed E-state index contributed by atoms with van der Waals surface area (Å²) in [5, 5.41) is 3.07. The summed E-state index contributed by atoms with van der Waals surface area (Å²) in [7, 11) is -1.55. The molecule has 0 bridgehead atoms. The van der Waals surface area contributed by atoms with E-state index in [2.05, 4.69) is 17.0 Å². The molecule has 5 nitrogen and oxygen atoms in total. The van der Waals surface area contributed by atoms with Gasteiger partial charge in [-0.1, -0.05) is 13.3 Å². The number of aryl methyl sites for hydroxylation is 1. The summed E-state index contributed by atoms with van der Waals surface area (Å²) in [6, 6.07) is 1.77. The first kappa shape index (κ1) is 16.5. The fourth-order valence-corrected chi connectivity index (χ4v) is 4.18. The predicted octanol–water partition coefficient (Wildman–Crippen LogP) is 2.09. The lowest BCUT2D eigenvalue weighted by atomic mass is 9.67. The van der Waals surface area contributed by atoms with Gasteiger partial charge in [0.05, 0.1) is 4.90 Å². The number of hydrogen-bond donors (Lipinski definition) is 2. The van der Waals surface area contributed by atoms with Gasteiger partial charge in [-0.3, -0.25) is 0 Å². The lowest BCUT2D eigenvalue weighted by Crippen LogP contribution is -2.41. The standard InChI is InChI=1S/C15H27N3O2S/c1-4-15(7-6-8-15)12-17-21(19,20)14-9-13(10-16-3)18(5-2)11-14/h9,11,16-17H,4-8,10,12H2,1-3H3. The molecule has 2 N–H and O–H groups in total. The lowest BCUT2D eigenvalue weighted by Gasteiger charge is -2.41. The van der Waals surface area contributed by atoms with Crippen molar-refractivity contribution >= 4 is 10.0 Å². The van der Waals surface area contributed by atoms with Crippen LogP contribution in [0.2, 0.25) is 0 Å². The van der Waals surface area contributed by atoms with E-state index in [-0.39, 0.29) is 5.41 Å². The van der Waals surface area contributed by atoms with E-state index in [4.69, 9.17) is 0 Å². The summed E-state index contributed by atoms with van der Waals surface area (Å²) >= 11 is 0. The van der Waals surface area contributed by atoms with Crippen molar-refractivity contribution in [2.24, 2.45) is 5.41 Å². The molecule has 21 heavy (non-hydrogen) atoms. The van der Waals surface area contributed by atoms with Gasteiger partial charge < -0.3 is 9.88 Å². The highest BCUT2D eigenvalue weighted by molar-refractivity contribution is 7.89. The van der Waals surface area contributed by atoms with Gasteiger partial charge >= 0.3 is 0 Å². The molecule has 0 aromatic carbocycles. The second kappa shape index (κ2) is 6.50. The predicted molar refractivity (Wildman–Crippen MR) is 84.6 cm³/mol. The topological polar surface area (TPSA) is 63.1 Å². The van der Waals surface area contributed by atoms with E-state index in [9.17, 15) is 8.42 Å². The zero-order chi connectivity index (χ0) is 15.5. The Labute approximate surface area is 128 Å². The van der Waals surface area contributed by atoms with Gasteiger partial charge in [-0.25, -0.2) is 13.1 Å². The third-order valence-electron chi connectivity index (χ3n) is 4.77. The minimum Gasteiger partial charge on any atom is -0.349 e. The Morgan fingerprint density at radius 1 is 1.33 bits per heavy atom. The third kappa shape index (κ3) is 3.49. The zero-order valence-corrected chi connectivity index (χ0v) is 14.1. The van der Waals surface area contributed by atoms with E-state index in [0.717, 1.165) is 31.5 Å². The van der Waals surface area contributed by atoms with Crippen molar-refractivity contribution in [3.05, 3.63) is 18.0 Å². The van der Waals surface area contributed by atoms with Crippen LogP contribution >= 0.6 is 0 Å². The van der Waals surface area contributed by atoms with Crippen LogP contribution in [0.5, 0.6) is 0 Å². The molecule has 0 spiro atoms. The Hall–Kier alpha value is -0.850. The van der Waals surface area contributed by atoms with Crippen LogP contribution in [0.15, 0.2) is 17.2 Å². The normalized spacial score (nSPS) is 17.7. The number of nitrogens with one attached hydrogen (secondary N) is 2. The number of hydrogen-bond acceptors (Lipinski definition) is 3. The summed E-state index contributed by atoms with van der Waals surface area (Å²) in [4.78, 5) is 0.375. The molecule has 2 rings (SSSR count). The Kier molecular flexibility index (Phi) is 5.11. The second-order valence-electron chi connectivity index (χ2n) is 6.02. The Bertz CT molecular complexity index is 568. The van der Waals surface area contributed by atoms with Crippen molar-refractivity contribution in [2.75, 3.05) is 13.6 Å². The van der Waals surface area contributed by atoms with E-state index in [1.165, 1.54) is 6.42 Å². The van der Waals surface area contributed by atoms with Gasteiger partial charge in [-0.15, -0.1) is 0 Å². The minimum absolute atomic E-state index is 0.189. The third-order valence-corrected chi connectivity index (χ3v) is 6.14. The Morgan fingerprint density at radius 3 is 2.52 bits per heavy atom. The molecule has 0 radical (unpaired) electrons. The number of sulfonamides is 1. The highest BCUT2D eigenvalue weighted by Gasteiger charge is 2.36. The van der Waals surface area contributed by atoms with Gasteiger partial charge in [0, 0.05) is 31.5 Å². The van der Waals surface area contributed by atoms with E-state index in [0.29, 0.717) is 18.0 Å². The van der Waals surface area contributed by atoms with Crippen molar-refractivity contribution in [1.29, 1.82) is 0 Å². The molecule has 120 valence electrons. The van der Waals surface area contributed by atoms with E-state index in [1.807, 2.05) is 18.5 Å². The molecule has 6 heteroatoms. The van der Waals surface area contributed by atoms with Crippen molar-refractivity contribution in [3.8, 4) is 0 Å². The maximum absolute atomic E-state index is 12.5. The van der Waals surface area contributed by atoms with E-state index in [1.54, 1.807) is 12.3 Å². The van der Waals surface area contributed by atoms with Gasteiger partial charge in [0.1, 0.15) is 0 Å². The van der Waals surface area contributed by atoms with Crippen LogP contribution in [0.4, 0.5) is 0 Å². The molecule has 0 atom stereocenters. The molecule has 1 aromatic rings. The first-order valence-corrected chi connectivity index (χ1v) is 9.28. The molecular weight excluding hydrogens is 286 g/mol. The van der Waals surface area contributed by atoms with Crippen molar-refractivity contribution in [1.82, 2.24) is 14.6 Å². The molecule has 0 unspecified atom stereocenters. The van der Waals surface area contributed by atoms with Crippen LogP contribution in [0, 0.1) is 5.41 Å². The average molecular weight is 313 g/mol. The van der Waals surface area contributed by atoms with Crippen molar-refractivity contribution in [2.45, 2.75) is 57.5 Å². The monoisotopic (exact) mass is 313 g/mol. The van der Waals surface area contributed by atoms with Crippen LogP contribution in [0.25, 0.3) is 0 Å². The number of aromatic nitrogens is 1. The van der Waals surface area contributed by atoms with Crippen LogP contribution in [-0.2, 0) is 23.1 Å². The maximum Gasteiger partial charge on any atom is 0.242 e. The van der Waals surface area contributed by atoms with Gasteiger partial charge in [-0.05, 0) is 44.7 Å². The first-order chi connectivity index (χ1) is 9.96. The molecule has 1 aromatic heterocycles. The fraction of sp³-hybridized carbons (Fsp3) is 0.733. The molecule has 1 aliphatic rings. The van der Waals surface area contributed by atoms with Gasteiger partial charge in [0.25, 0.3) is 0 Å². The van der Waals surface area contributed by atoms with Gasteiger partial charge in [-0.2, -0.15) is 0 Å². The van der Waals surface area contributed by atoms with Gasteiger partial charge in [0.2, 0.25) is 10.0 Å². The van der Waals surface area contributed by atoms with Crippen molar-refractivity contribution in [3.63, 3.8) is 0 Å². The maximum atomic E-state index is 12.5. The van der Waals surface area contributed by atoms with Crippen LogP contribution < -0.4 is 10.0 Å². The molecule has 1 fully saturated rings. The van der Waals surface area contributed by atoms with Gasteiger partial charge in [0.15, 0.2) is 0 Å². The Morgan fingerprint density at radius 2 is 2.05 bits per heavy atom. The summed E-state index contributed by atoms with van der Waals surface area (Å²) in [5.74, 6) is 0. The second-order valence-corrected chi connectivity index (χ2v) is 7.78. The average Bonchev–Trinajstić information content (AvgIpc) is 2.82. The van der Waals surface area contributed by atoms with Crippen LogP contribution in [0.3, 0.4) is 0 Å². The summed E-state index contributed by atoms with van der Waals surface area (Å²) in [6.07, 6.45) is 6.25. The van der Waals surface area contributed by atoms with E-state index >= 15 is 0 Å². The molecule has 1 aliphatic carbocycles. The summed E-state index contributed by atoms with van der Waals surface area (Å²) < 4.78 is 29.7. The molecule has 1 heterocycles. The zero-order valence-electron chi connectivity index (χ0n) is 13.3. The highest BCUT2D eigenvalue weighted by atomic mass is 32.2. The molecule has 0 amide bonds. The van der Waals surface area contributed by atoms with E-state index < -0.39 is 10.0 Å². The SMILES string of the molecule is CCn1cc(S(=O)(=O)NCC2(CC)CCC2)cc1CNC. The number of rotatable bonds is 8. The van der Waals surface area contributed by atoms with Crippen molar-refractivity contribution < 1.29 is 8.42 Å². The summed E-state index contributed by atoms with van der Waals surface area (Å²) in [6.45, 7) is 6.16. The minimum atomic E-state index is -3.41. The summed E-state index contributed by atoms with van der Waals surface area (Å²) in [5.41, 5.74) is 1.18. The molecule has 0 aliphatic heterocycles. The number of nitrogens with zero attached hydrogens (tertiary/aromatic N) is 1. The fourth-order valence-electron chi connectivity index (χ4n) is 2.96. The molecule has 1 saturated carbocycles. The highest BCUT2D eigenvalue weighted by Crippen LogP contribution is 2.43. The first-order valence-electron chi connectivity index (χ1n) is 7.79. The molecule has 0 saturated heterocycles. The Balaban J connectivity index is 2.12. The van der Waals surface area contributed by atoms with Crippen LogP contribution in [0.1, 0.15) is 45.2 Å². The molecular formula is C15H27N3O2S. The largest absolute Gasteiger partial charge is 0.349 e. The smallest absolute Gasteiger partial charge is 0.242 e. The quantitative estimate of drug-likeness (QED) is 0.772.